The number of phenolic OH excluding ortho intramolecular Hbond substituents is 7. The van der Waals surface area contributed by atoms with Crippen molar-refractivity contribution in [3.63, 3.8) is 0 Å². The maximum absolute atomic E-state index is 9.54. The lowest BCUT2D eigenvalue weighted by Crippen LogP contribution is -1.87. The topological polar surface area (TPSA) is 197 Å². The highest BCUT2D eigenvalue weighted by molar-refractivity contribution is 5.58. The molecular weight excluding hydrogens is 1000 g/mol. The Morgan fingerprint density at radius 2 is 0.519 bits per heavy atom. The van der Waals surface area contributed by atoms with Crippen LogP contribution in [0.4, 0.5) is 0 Å². The van der Waals surface area contributed by atoms with E-state index in [0.717, 1.165) is 64.0 Å². The number of benzene rings is 8. The Morgan fingerprint density at radius 1 is 0.266 bits per heavy atom. The Hall–Kier alpha value is -9.88. The molecule has 79 heavy (non-hydrogen) atoms. The van der Waals surface area contributed by atoms with Crippen molar-refractivity contribution in [2.45, 2.75) is 25.7 Å². The lowest BCUT2D eigenvalue weighted by Gasteiger charge is -2.05. The number of allylic oxidation sites excluding steroid dienone is 4. The first-order valence-corrected chi connectivity index (χ1v) is 24.9. The molecule has 0 saturated heterocycles. The van der Waals surface area contributed by atoms with Crippen molar-refractivity contribution in [2.24, 2.45) is 0 Å². The molecule has 410 valence electrons. The third-order valence-electron chi connectivity index (χ3n) is 11.7. The molecule has 0 radical (unpaired) electrons. The number of hydrogen-bond acceptors (Lipinski definition) is 13. The average molecular weight is 1070 g/mol. The molecule has 0 bridgehead atoms. The summed E-state index contributed by atoms with van der Waals surface area (Å²) in [6.45, 7) is 0. The van der Waals surface area contributed by atoms with Gasteiger partial charge < -0.3 is 64.2 Å². The van der Waals surface area contributed by atoms with Crippen LogP contribution in [0, 0.1) is 0 Å². The fourth-order valence-electron chi connectivity index (χ4n) is 7.40. The summed E-state index contributed by atoms with van der Waals surface area (Å²) in [7, 11) is 9.31. The van der Waals surface area contributed by atoms with E-state index in [-0.39, 0.29) is 40.2 Å². The summed E-state index contributed by atoms with van der Waals surface area (Å²) in [6.07, 6.45) is 19.1. The standard InChI is InChI=1S/C17H18O4.C17H18O3.2C16H16O3/c1-20-16-10-12(6-8-14(16)18)4-3-5-13-7-9-15(19)17(11-13)21-2;1-19-15-9-6-13(7-10-15)4-3-5-14-8-11-16(18)17(12-14)20-2;2*1-19-16-11-13(7-10-15(16)18)4-2-3-12-5-8-14(17)9-6-12/h3-4,6-11,18-19H,5H2,1-2H3;3,5-12,18H,4H2,1-2H3;2*2-3,5-11,17-18H,4H2,1H3/b4-3+;5-3+;2*3-2+. The van der Waals surface area contributed by atoms with Crippen LogP contribution in [0.15, 0.2) is 188 Å². The van der Waals surface area contributed by atoms with Crippen molar-refractivity contribution < 1.29 is 64.2 Å². The number of methoxy groups -OCH3 is 6. The maximum atomic E-state index is 9.54. The highest BCUT2D eigenvalue weighted by Gasteiger charge is 2.06. The van der Waals surface area contributed by atoms with E-state index >= 15 is 0 Å². The summed E-state index contributed by atoms with van der Waals surface area (Å²) in [4.78, 5) is 0. The normalized spacial score (nSPS) is 10.8. The van der Waals surface area contributed by atoms with Gasteiger partial charge in [0.1, 0.15) is 17.2 Å². The lowest BCUT2D eigenvalue weighted by atomic mass is 10.1. The fourth-order valence-corrected chi connectivity index (χ4v) is 7.40. The lowest BCUT2D eigenvalue weighted by molar-refractivity contribution is 0.373. The molecule has 0 heterocycles. The molecular formula is C66H68O13. The van der Waals surface area contributed by atoms with Crippen molar-refractivity contribution >= 4 is 24.3 Å². The van der Waals surface area contributed by atoms with E-state index in [1.165, 1.54) is 34.0 Å². The maximum Gasteiger partial charge on any atom is 0.161 e. The first-order chi connectivity index (χ1) is 38.2. The van der Waals surface area contributed by atoms with Gasteiger partial charge in [-0.1, -0.05) is 115 Å². The zero-order valence-electron chi connectivity index (χ0n) is 45.1. The smallest absolute Gasteiger partial charge is 0.161 e. The quantitative estimate of drug-likeness (QED) is 0.0429. The minimum Gasteiger partial charge on any atom is -0.508 e. The van der Waals surface area contributed by atoms with Crippen LogP contribution < -0.4 is 28.4 Å². The predicted molar refractivity (Wildman–Crippen MR) is 313 cm³/mol. The van der Waals surface area contributed by atoms with Crippen LogP contribution in [-0.4, -0.2) is 78.4 Å². The number of hydrogen-bond donors (Lipinski definition) is 7. The van der Waals surface area contributed by atoms with Gasteiger partial charge in [0.05, 0.1) is 42.7 Å². The molecule has 0 aliphatic rings. The van der Waals surface area contributed by atoms with E-state index in [2.05, 4.69) is 6.08 Å². The summed E-state index contributed by atoms with van der Waals surface area (Å²) in [5.41, 5.74) is 8.37. The number of phenols is 7. The fraction of sp³-hybridized carbons (Fsp3) is 0.152. The molecule has 0 aromatic heterocycles. The van der Waals surface area contributed by atoms with Crippen molar-refractivity contribution in [2.75, 3.05) is 42.7 Å². The van der Waals surface area contributed by atoms with Crippen LogP contribution in [0.5, 0.6) is 74.7 Å². The van der Waals surface area contributed by atoms with Crippen LogP contribution in [0.25, 0.3) is 24.3 Å². The minimum atomic E-state index is 0.123. The molecule has 0 aliphatic carbocycles. The van der Waals surface area contributed by atoms with Crippen LogP contribution >= 0.6 is 0 Å². The molecule has 0 spiro atoms. The predicted octanol–water partition coefficient (Wildman–Crippen LogP) is 13.8. The van der Waals surface area contributed by atoms with Gasteiger partial charge in [-0.2, -0.15) is 0 Å². The summed E-state index contributed by atoms with van der Waals surface area (Å²) in [6, 6.07) is 48.3. The van der Waals surface area contributed by atoms with Crippen molar-refractivity contribution in [1.29, 1.82) is 0 Å². The second-order valence-electron chi connectivity index (χ2n) is 17.3. The van der Waals surface area contributed by atoms with E-state index in [0.29, 0.717) is 35.2 Å². The number of ether oxygens (including phenoxy) is 6. The molecule has 8 aromatic rings. The Morgan fingerprint density at radius 3 is 0.823 bits per heavy atom. The monoisotopic (exact) mass is 1070 g/mol. The van der Waals surface area contributed by atoms with Gasteiger partial charge in [-0.15, -0.1) is 0 Å². The Balaban J connectivity index is 0.000000194. The Bertz CT molecular complexity index is 3140. The average Bonchev–Trinajstić information content (AvgIpc) is 3.47. The van der Waals surface area contributed by atoms with Gasteiger partial charge in [0.25, 0.3) is 0 Å². The second kappa shape index (κ2) is 31.9. The number of rotatable bonds is 18. The molecule has 8 aromatic carbocycles. The zero-order valence-corrected chi connectivity index (χ0v) is 45.1. The molecule has 0 saturated carbocycles. The minimum absolute atomic E-state index is 0.123. The first kappa shape index (κ1) is 60.0. The Kier molecular flexibility index (Phi) is 24.2. The largest absolute Gasteiger partial charge is 0.508 e. The zero-order chi connectivity index (χ0) is 56.9. The van der Waals surface area contributed by atoms with E-state index in [1.54, 1.807) is 87.0 Å². The molecule has 8 rings (SSSR count). The van der Waals surface area contributed by atoms with Gasteiger partial charge in [-0.3, -0.25) is 0 Å². The highest BCUT2D eigenvalue weighted by Crippen LogP contribution is 2.31. The van der Waals surface area contributed by atoms with Gasteiger partial charge >= 0.3 is 0 Å². The molecule has 13 heteroatoms. The highest BCUT2D eigenvalue weighted by atomic mass is 16.5. The first-order valence-electron chi connectivity index (χ1n) is 24.9. The third-order valence-corrected chi connectivity index (χ3v) is 11.7. The van der Waals surface area contributed by atoms with Crippen molar-refractivity contribution in [3.8, 4) is 74.7 Å². The summed E-state index contributed by atoms with van der Waals surface area (Å²) in [5.74, 6) is 4.45. The van der Waals surface area contributed by atoms with Gasteiger partial charge in [0.15, 0.2) is 57.5 Å². The molecule has 0 fully saturated rings. The number of aromatic hydroxyl groups is 7. The van der Waals surface area contributed by atoms with E-state index in [1.807, 2.05) is 134 Å². The van der Waals surface area contributed by atoms with Crippen molar-refractivity contribution in [3.05, 3.63) is 233 Å². The van der Waals surface area contributed by atoms with Gasteiger partial charge in [-0.25, -0.2) is 0 Å². The van der Waals surface area contributed by atoms with E-state index < -0.39 is 0 Å². The molecule has 0 amide bonds. The van der Waals surface area contributed by atoms with E-state index in [4.69, 9.17) is 28.4 Å². The molecule has 0 atom stereocenters. The van der Waals surface area contributed by atoms with Gasteiger partial charge in [-0.05, 0) is 167 Å². The molecule has 13 nitrogen and oxygen atoms in total. The van der Waals surface area contributed by atoms with Crippen LogP contribution in [-0.2, 0) is 25.7 Å². The molecule has 7 N–H and O–H groups in total. The molecule has 0 aliphatic heterocycles. The van der Waals surface area contributed by atoms with Crippen LogP contribution in [0.2, 0.25) is 0 Å². The third kappa shape index (κ3) is 20.3. The van der Waals surface area contributed by atoms with Gasteiger partial charge in [0.2, 0.25) is 0 Å². The van der Waals surface area contributed by atoms with Crippen molar-refractivity contribution in [1.82, 2.24) is 0 Å². The Labute approximate surface area is 462 Å². The SMILES string of the molecule is COc1cc(/C=C/Cc2ccc(O)c(OC)c2)ccc1O.COc1cc(C/C=C/c2ccc(O)cc2)ccc1O.COc1cc(C/C=C/c2ccc(O)cc2)ccc1O.COc1ccc(C/C=C/c2ccc(O)c(OC)c2)cc1. The van der Waals surface area contributed by atoms with Gasteiger partial charge in [0, 0.05) is 0 Å². The summed E-state index contributed by atoms with van der Waals surface area (Å²) in [5, 5.41) is 66.0. The molecule has 0 unspecified atom stereocenters. The van der Waals surface area contributed by atoms with Crippen LogP contribution in [0.3, 0.4) is 0 Å². The summed E-state index contributed by atoms with van der Waals surface area (Å²) >= 11 is 0. The van der Waals surface area contributed by atoms with E-state index in [9.17, 15) is 35.7 Å². The van der Waals surface area contributed by atoms with Crippen LogP contribution in [0.1, 0.15) is 44.5 Å². The summed E-state index contributed by atoms with van der Waals surface area (Å²) < 4.78 is 30.5. The second-order valence-corrected chi connectivity index (χ2v) is 17.3.